The first-order valence-electron chi connectivity index (χ1n) is 11.8. The van der Waals surface area contributed by atoms with Gasteiger partial charge < -0.3 is 10.1 Å². The number of rotatable bonds is 6. The fourth-order valence-electron chi connectivity index (χ4n) is 4.82. The fraction of sp³-hybridized carbons (Fsp3) is 0.905. The van der Waals surface area contributed by atoms with E-state index in [1.54, 1.807) is 0 Å². The zero-order chi connectivity index (χ0) is 25.0. The van der Waals surface area contributed by atoms with Gasteiger partial charge in [-0.1, -0.05) is 13.8 Å². The Morgan fingerprint density at radius 2 is 1.97 bits per heavy atom. The molecule has 2 saturated heterocycles. The van der Waals surface area contributed by atoms with Gasteiger partial charge in [0, 0.05) is 33.3 Å². The number of halogens is 4. The lowest BCUT2D eigenvalue weighted by Gasteiger charge is -2.33. The van der Waals surface area contributed by atoms with Crippen molar-refractivity contribution >= 4 is 11.9 Å². The molecule has 7 unspecified atom stereocenters. The second-order valence-corrected chi connectivity index (χ2v) is 9.90. The largest absolute Gasteiger partial charge is 0.405 e. The molecule has 0 aromatic carbocycles. The molecular weight excluding hydrogens is 458 g/mol. The van der Waals surface area contributed by atoms with E-state index in [9.17, 15) is 22.4 Å². The van der Waals surface area contributed by atoms with Crippen LogP contribution in [0.5, 0.6) is 0 Å². The van der Waals surface area contributed by atoms with E-state index in [0.29, 0.717) is 25.8 Å². The second-order valence-electron chi connectivity index (χ2n) is 9.90. The van der Waals surface area contributed by atoms with Crippen LogP contribution in [0.3, 0.4) is 0 Å². The molecule has 2 aliphatic heterocycles. The van der Waals surface area contributed by atoms with Gasteiger partial charge in [-0.25, -0.2) is 20.3 Å². The molecule has 7 atom stereocenters. The Kier molecular flexibility index (Phi) is 9.12. The van der Waals surface area contributed by atoms with Crippen LogP contribution in [0.2, 0.25) is 0 Å². The highest BCUT2D eigenvalue weighted by molar-refractivity contribution is 5.98. The minimum absolute atomic E-state index is 0.0119. The first-order valence-corrected chi connectivity index (χ1v) is 11.8. The number of hydrogen-bond acceptors (Lipinski definition) is 7. The number of ether oxygens (including phenoxy) is 1. The quantitative estimate of drug-likeness (QED) is 0.213. The SMILES string of the molecule is COC1CCC(C2CC(NC(=NCC(C)C)NC(=O)C3CN(C)NC3C(F)(F)F)NN2)CC1F. The van der Waals surface area contributed by atoms with Crippen molar-refractivity contribution in [3.63, 3.8) is 0 Å². The van der Waals surface area contributed by atoms with E-state index in [1.807, 2.05) is 13.8 Å². The van der Waals surface area contributed by atoms with Crippen molar-refractivity contribution in [2.45, 2.75) is 76.2 Å². The van der Waals surface area contributed by atoms with Gasteiger partial charge in [-0.3, -0.25) is 20.5 Å². The molecule has 0 aromatic heterocycles. The Hall–Kier alpha value is -1.54. The number of methoxy groups -OCH3 is 1. The molecule has 2 heterocycles. The summed E-state index contributed by atoms with van der Waals surface area (Å²) in [4.78, 5) is 17.2. The van der Waals surface area contributed by atoms with Crippen molar-refractivity contribution in [3.8, 4) is 0 Å². The van der Waals surface area contributed by atoms with Crippen molar-refractivity contribution < 1.29 is 27.1 Å². The maximum atomic E-state index is 14.3. The Labute approximate surface area is 197 Å². The molecule has 13 heteroatoms. The molecule has 1 saturated carbocycles. The zero-order valence-electron chi connectivity index (χ0n) is 20.1. The minimum atomic E-state index is -4.56. The van der Waals surface area contributed by atoms with Gasteiger partial charge in [-0.15, -0.1) is 0 Å². The fourth-order valence-corrected chi connectivity index (χ4v) is 4.82. The number of carbonyl (C=O) groups excluding carboxylic acids is 1. The summed E-state index contributed by atoms with van der Waals surface area (Å²) in [6, 6.07) is -1.95. The van der Waals surface area contributed by atoms with E-state index in [4.69, 9.17) is 4.74 Å². The standard InChI is InChI=1S/C21H37F4N7O2/c1-11(2)9-26-20(28-19(33)13-10-32(3)31-18(13)21(23,24)25)27-17-8-15(29-30-17)12-5-6-16(34-4)14(22)7-12/h11-18,29-31H,5-10H2,1-4H3,(H2,26,27,28,33). The summed E-state index contributed by atoms with van der Waals surface area (Å²) in [5.41, 5.74) is 8.59. The third kappa shape index (κ3) is 7.00. The first-order chi connectivity index (χ1) is 16.0. The Morgan fingerprint density at radius 1 is 1.24 bits per heavy atom. The van der Waals surface area contributed by atoms with Crippen molar-refractivity contribution in [1.82, 2.24) is 31.9 Å². The van der Waals surface area contributed by atoms with Crippen LogP contribution >= 0.6 is 0 Å². The first kappa shape index (κ1) is 27.1. The Balaban J connectivity index is 1.60. The number of aliphatic imine (C=N–C) groups is 1. The summed E-state index contributed by atoms with van der Waals surface area (Å²) in [5.74, 6) is -1.62. The molecule has 196 valence electrons. The maximum Gasteiger partial charge on any atom is 0.405 e. The van der Waals surface area contributed by atoms with Crippen LogP contribution in [-0.2, 0) is 9.53 Å². The molecule has 3 fully saturated rings. The summed E-state index contributed by atoms with van der Waals surface area (Å²) in [5, 5.41) is 6.94. The molecule has 3 rings (SSSR count). The van der Waals surface area contributed by atoms with Crippen molar-refractivity contribution in [3.05, 3.63) is 0 Å². The highest BCUT2D eigenvalue weighted by Crippen LogP contribution is 2.33. The van der Waals surface area contributed by atoms with Crippen LogP contribution in [0, 0.1) is 17.8 Å². The molecule has 0 bridgehead atoms. The van der Waals surface area contributed by atoms with Crippen LogP contribution in [0.15, 0.2) is 4.99 Å². The van der Waals surface area contributed by atoms with E-state index in [-0.39, 0.29) is 42.7 Å². The predicted molar refractivity (Wildman–Crippen MR) is 119 cm³/mol. The van der Waals surface area contributed by atoms with Crippen LogP contribution in [0.1, 0.15) is 39.5 Å². The van der Waals surface area contributed by atoms with Gasteiger partial charge in [0.2, 0.25) is 5.91 Å². The third-order valence-corrected chi connectivity index (χ3v) is 6.65. The number of carbonyl (C=O) groups is 1. The highest BCUT2D eigenvalue weighted by atomic mass is 19.4. The van der Waals surface area contributed by atoms with Gasteiger partial charge in [-0.2, -0.15) is 13.2 Å². The molecule has 0 spiro atoms. The smallest absolute Gasteiger partial charge is 0.378 e. The molecule has 1 amide bonds. The molecule has 9 nitrogen and oxygen atoms in total. The van der Waals surface area contributed by atoms with E-state index in [0.717, 1.165) is 6.42 Å². The molecule has 0 aromatic rings. The number of nitrogens with zero attached hydrogens (tertiary/aromatic N) is 2. The van der Waals surface area contributed by atoms with E-state index < -0.39 is 30.2 Å². The Morgan fingerprint density at radius 3 is 2.59 bits per heavy atom. The summed E-state index contributed by atoms with van der Waals surface area (Å²) in [7, 11) is 2.99. The molecule has 34 heavy (non-hydrogen) atoms. The van der Waals surface area contributed by atoms with Crippen molar-refractivity contribution in [1.29, 1.82) is 0 Å². The normalized spacial score (nSPS) is 35.7. The van der Waals surface area contributed by atoms with Gasteiger partial charge in [-0.05, 0) is 37.5 Å². The van der Waals surface area contributed by atoms with Crippen molar-refractivity contribution in [2.75, 3.05) is 27.2 Å². The predicted octanol–water partition coefficient (Wildman–Crippen LogP) is 1.05. The second kappa shape index (κ2) is 11.5. The number of amides is 1. The molecule has 5 N–H and O–H groups in total. The van der Waals surface area contributed by atoms with Crippen LogP contribution in [0.25, 0.3) is 0 Å². The lowest BCUT2D eigenvalue weighted by molar-refractivity contribution is -0.168. The monoisotopic (exact) mass is 495 g/mol. The number of alkyl halides is 4. The van der Waals surface area contributed by atoms with Gasteiger partial charge in [0.05, 0.1) is 18.2 Å². The van der Waals surface area contributed by atoms with Gasteiger partial charge in [0.25, 0.3) is 0 Å². The number of hydrazine groups is 2. The van der Waals surface area contributed by atoms with Gasteiger partial charge >= 0.3 is 6.18 Å². The molecule has 3 aliphatic rings. The van der Waals surface area contributed by atoms with Crippen LogP contribution < -0.4 is 26.9 Å². The molecular formula is C21H37F4N7O2. The third-order valence-electron chi connectivity index (χ3n) is 6.65. The maximum absolute atomic E-state index is 14.3. The summed E-state index contributed by atoms with van der Waals surface area (Å²) >= 11 is 0. The average molecular weight is 496 g/mol. The Bertz CT molecular complexity index is 724. The number of hydrogen-bond donors (Lipinski definition) is 5. The number of guanidine groups is 1. The van der Waals surface area contributed by atoms with Crippen LogP contribution in [0.4, 0.5) is 17.6 Å². The topological polar surface area (TPSA) is 102 Å². The van der Waals surface area contributed by atoms with E-state index in [2.05, 4.69) is 31.9 Å². The lowest BCUT2D eigenvalue weighted by Crippen LogP contribution is -2.54. The average Bonchev–Trinajstić information content (AvgIpc) is 3.38. The van der Waals surface area contributed by atoms with E-state index in [1.165, 1.54) is 19.2 Å². The number of nitrogens with one attached hydrogen (secondary N) is 5. The minimum Gasteiger partial charge on any atom is -0.378 e. The summed E-state index contributed by atoms with van der Waals surface area (Å²) < 4.78 is 59.7. The summed E-state index contributed by atoms with van der Waals surface area (Å²) in [6.45, 7) is 4.22. The van der Waals surface area contributed by atoms with Gasteiger partial charge in [0.1, 0.15) is 12.2 Å². The van der Waals surface area contributed by atoms with E-state index >= 15 is 0 Å². The summed E-state index contributed by atoms with van der Waals surface area (Å²) in [6.07, 6.45) is -3.78. The zero-order valence-corrected chi connectivity index (χ0v) is 20.1. The van der Waals surface area contributed by atoms with Crippen molar-refractivity contribution in [2.24, 2.45) is 22.7 Å². The lowest BCUT2D eigenvalue weighted by atomic mass is 9.80. The van der Waals surface area contributed by atoms with Gasteiger partial charge in [0.15, 0.2) is 5.96 Å². The van der Waals surface area contributed by atoms with Crippen LogP contribution in [-0.4, -0.2) is 80.8 Å². The molecule has 1 aliphatic carbocycles. The molecule has 0 radical (unpaired) electrons. The highest BCUT2D eigenvalue weighted by Gasteiger charge is 2.52.